The lowest BCUT2D eigenvalue weighted by atomic mass is 10.2. The van der Waals surface area contributed by atoms with Crippen LogP contribution in [0.1, 0.15) is 11.1 Å². The maximum Gasteiger partial charge on any atom is 0.123 e. The third-order valence-corrected chi connectivity index (χ3v) is 2.42. The van der Waals surface area contributed by atoms with E-state index in [1.807, 2.05) is 0 Å². The molecule has 0 unspecified atom stereocenters. The lowest BCUT2D eigenvalue weighted by Crippen LogP contribution is -1.97. The van der Waals surface area contributed by atoms with Gasteiger partial charge in [0.15, 0.2) is 0 Å². The van der Waals surface area contributed by atoms with E-state index in [0.717, 1.165) is 11.1 Å². The quantitative estimate of drug-likeness (QED) is 0.783. The molecule has 2 aromatic carbocycles. The molecule has 17 heavy (non-hydrogen) atoms. The molecule has 2 aromatic rings. The summed E-state index contributed by atoms with van der Waals surface area (Å²) in [7, 11) is 0. The highest BCUT2D eigenvalue weighted by atomic mass is 19.1. The van der Waals surface area contributed by atoms with Crippen molar-refractivity contribution >= 4 is 0 Å². The fourth-order valence-corrected chi connectivity index (χ4v) is 1.56. The predicted octanol–water partition coefficient (Wildman–Crippen LogP) is 3.85. The molecule has 0 aromatic heterocycles. The Kier molecular flexibility index (Phi) is 3.38. The highest BCUT2D eigenvalue weighted by molar-refractivity contribution is 5.32. The van der Waals surface area contributed by atoms with Gasteiger partial charge in [0.05, 0.1) is 0 Å². The van der Waals surface area contributed by atoms with Gasteiger partial charge in [-0.2, -0.15) is 0 Å². The molecule has 2 rings (SSSR count). The summed E-state index contributed by atoms with van der Waals surface area (Å²) in [4.78, 5) is 0. The van der Waals surface area contributed by atoms with Crippen LogP contribution in [0.25, 0.3) is 0 Å². The van der Waals surface area contributed by atoms with Crippen molar-refractivity contribution < 1.29 is 13.5 Å². The zero-order valence-corrected chi connectivity index (χ0v) is 9.41. The van der Waals surface area contributed by atoms with Crippen molar-refractivity contribution in [3.8, 4) is 5.75 Å². The number of hydrogen-bond donors (Lipinski definition) is 0. The molecule has 0 aliphatic heterocycles. The van der Waals surface area contributed by atoms with Gasteiger partial charge in [-0.15, -0.1) is 0 Å². The Balaban J connectivity index is 2.07. The number of hydrogen-bond acceptors (Lipinski definition) is 1. The Morgan fingerprint density at radius 3 is 2.47 bits per heavy atom. The normalized spacial score (nSPS) is 10.3. The largest absolute Gasteiger partial charge is 0.489 e. The van der Waals surface area contributed by atoms with Crippen LogP contribution in [0.2, 0.25) is 0 Å². The maximum absolute atomic E-state index is 12.9. The summed E-state index contributed by atoms with van der Waals surface area (Å²) >= 11 is 0. The third kappa shape index (κ3) is 3.03. The summed E-state index contributed by atoms with van der Waals surface area (Å²) in [6, 6.07) is 10.5. The highest BCUT2D eigenvalue weighted by Crippen LogP contribution is 2.19. The van der Waals surface area contributed by atoms with Crippen LogP contribution in [0.15, 0.2) is 42.5 Å². The van der Waals surface area contributed by atoms with Crippen molar-refractivity contribution in [3.63, 3.8) is 0 Å². The first-order valence-corrected chi connectivity index (χ1v) is 5.28. The SMILES string of the molecule is Cc1cc(F)ccc1OCc1cccc(F)c1. The van der Waals surface area contributed by atoms with Crippen molar-refractivity contribution in [2.45, 2.75) is 13.5 Å². The van der Waals surface area contributed by atoms with Gasteiger partial charge in [-0.25, -0.2) is 8.78 Å². The van der Waals surface area contributed by atoms with E-state index < -0.39 is 0 Å². The van der Waals surface area contributed by atoms with Crippen molar-refractivity contribution in [1.29, 1.82) is 0 Å². The Hall–Kier alpha value is -1.90. The molecule has 0 saturated heterocycles. The summed E-state index contributed by atoms with van der Waals surface area (Å²) in [5.41, 5.74) is 1.47. The maximum atomic E-state index is 12.9. The van der Waals surface area contributed by atoms with Crippen molar-refractivity contribution in [3.05, 3.63) is 65.2 Å². The summed E-state index contributed by atoms with van der Waals surface area (Å²) in [5.74, 6) is 0.0261. The molecule has 0 N–H and O–H groups in total. The third-order valence-electron chi connectivity index (χ3n) is 2.42. The van der Waals surface area contributed by atoms with Gasteiger partial charge in [-0.1, -0.05) is 12.1 Å². The molecule has 0 spiro atoms. The van der Waals surface area contributed by atoms with Gasteiger partial charge in [-0.3, -0.25) is 0 Å². The molecule has 88 valence electrons. The first-order chi connectivity index (χ1) is 8.15. The van der Waals surface area contributed by atoms with E-state index in [2.05, 4.69) is 0 Å². The molecule has 0 fully saturated rings. The summed E-state index contributed by atoms with van der Waals surface area (Å²) in [6.45, 7) is 2.04. The Morgan fingerprint density at radius 1 is 1.00 bits per heavy atom. The Morgan fingerprint density at radius 2 is 1.76 bits per heavy atom. The summed E-state index contributed by atoms with van der Waals surface area (Å²) in [5, 5.41) is 0. The standard InChI is InChI=1S/C14H12F2O/c1-10-7-13(16)5-6-14(10)17-9-11-3-2-4-12(15)8-11/h2-8H,9H2,1H3. The average Bonchev–Trinajstić information content (AvgIpc) is 2.28. The van der Waals surface area contributed by atoms with Crippen molar-refractivity contribution in [2.75, 3.05) is 0 Å². The van der Waals surface area contributed by atoms with E-state index in [1.54, 1.807) is 25.1 Å². The Labute approximate surface area is 98.7 Å². The molecule has 1 nitrogen and oxygen atoms in total. The van der Waals surface area contributed by atoms with Crippen molar-refractivity contribution in [1.82, 2.24) is 0 Å². The zero-order chi connectivity index (χ0) is 12.3. The van der Waals surface area contributed by atoms with E-state index in [1.165, 1.54) is 24.3 Å². The molecule has 0 bridgehead atoms. The van der Waals surface area contributed by atoms with E-state index in [9.17, 15) is 8.78 Å². The minimum Gasteiger partial charge on any atom is -0.489 e. The number of benzene rings is 2. The van der Waals surface area contributed by atoms with Gasteiger partial charge in [0.25, 0.3) is 0 Å². The molecule has 0 aliphatic rings. The number of aryl methyl sites for hydroxylation is 1. The average molecular weight is 234 g/mol. The van der Waals surface area contributed by atoms with Gasteiger partial charge in [0.1, 0.15) is 24.0 Å². The van der Waals surface area contributed by atoms with E-state index in [0.29, 0.717) is 5.75 Å². The zero-order valence-electron chi connectivity index (χ0n) is 9.41. The first-order valence-electron chi connectivity index (χ1n) is 5.28. The second-order valence-electron chi connectivity index (χ2n) is 3.83. The monoisotopic (exact) mass is 234 g/mol. The van der Waals surface area contributed by atoms with E-state index in [-0.39, 0.29) is 18.2 Å². The van der Waals surface area contributed by atoms with Crippen LogP contribution in [0.3, 0.4) is 0 Å². The second-order valence-corrected chi connectivity index (χ2v) is 3.83. The number of rotatable bonds is 3. The number of halogens is 2. The number of ether oxygens (including phenoxy) is 1. The molecule has 0 atom stereocenters. The van der Waals surface area contributed by atoms with Crippen LogP contribution >= 0.6 is 0 Å². The fraction of sp³-hybridized carbons (Fsp3) is 0.143. The first kappa shape index (κ1) is 11.6. The van der Waals surface area contributed by atoms with E-state index in [4.69, 9.17) is 4.74 Å². The minimum absolute atomic E-state index is 0.268. The van der Waals surface area contributed by atoms with Crippen LogP contribution in [0, 0.1) is 18.6 Å². The molecular weight excluding hydrogens is 222 g/mol. The Bertz CT molecular complexity index is 523. The van der Waals surface area contributed by atoms with Gasteiger partial charge in [0, 0.05) is 0 Å². The minimum atomic E-state index is -0.291. The molecule has 0 radical (unpaired) electrons. The van der Waals surface area contributed by atoms with Gasteiger partial charge < -0.3 is 4.74 Å². The van der Waals surface area contributed by atoms with Gasteiger partial charge >= 0.3 is 0 Å². The van der Waals surface area contributed by atoms with Crippen LogP contribution in [0.4, 0.5) is 8.78 Å². The molecular formula is C14H12F2O. The molecule has 0 aliphatic carbocycles. The van der Waals surface area contributed by atoms with Crippen molar-refractivity contribution in [2.24, 2.45) is 0 Å². The summed E-state index contributed by atoms with van der Waals surface area (Å²) < 4.78 is 31.3. The van der Waals surface area contributed by atoms with Gasteiger partial charge in [0.2, 0.25) is 0 Å². The summed E-state index contributed by atoms with van der Waals surface area (Å²) in [6.07, 6.45) is 0. The topological polar surface area (TPSA) is 9.23 Å². The molecule has 0 saturated carbocycles. The van der Waals surface area contributed by atoms with Gasteiger partial charge in [-0.05, 0) is 48.4 Å². The van der Waals surface area contributed by atoms with Crippen LogP contribution in [0.5, 0.6) is 5.75 Å². The predicted molar refractivity (Wildman–Crippen MR) is 61.9 cm³/mol. The van der Waals surface area contributed by atoms with Crippen LogP contribution in [-0.2, 0) is 6.61 Å². The lowest BCUT2D eigenvalue weighted by Gasteiger charge is -2.09. The van der Waals surface area contributed by atoms with E-state index >= 15 is 0 Å². The van der Waals surface area contributed by atoms with Crippen LogP contribution < -0.4 is 4.74 Å². The fourth-order valence-electron chi connectivity index (χ4n) is 1.56. The molecule has 3 heteroatoms. The lowest BCUT2D eigenvalue weighted by molar-refractivity contribution is 0.303. The molecule has 0 amide bonds. The highest BCUT2D eigenvalue weighted by Gasteiger charge is 2.02. The smallest absolute Gasteiger partial charge is 0.123 e. The molecule has 0 heterocycles. The van der Waals surface area contributed by atoms with Crippen LogP contribution in [-0.4, -0.2) is 0 Å². The second kappa shape index (κ2) is 4.95.